The second-order valence-electron chi connectivity index (χ2n) is 7.01. The van der Waals surface area contributed by atoms with Crippen LogP contribution in [0.3, 0.4) is 0 Å². The number of carbonyl (C=O) groups is 1. The van der Waals surface area contributed by atoms with E-state index in [4.69, 9.17) is 27.9 Å². The van der Waals surface area contributed by atoms with E-state index in [2.05, 4.69) is 20.1 Å². The molecule has 2 aromatic carbocycles. The zero-order valence-corrected chi connectivity index (χ0v) is 17.5. The second-order valence-corrected chi connectivity index (χ2v) is 7.85. The number of amides is 1. The van der Waals surface area contributed by atoms with Crippen molar-refractivity contribution in [3.63, 3.8) is 0 Å². The number of carbonyl (C=O) groups excluding carboxylic acids is 1. The molecule has 1 aliphatic heterocycles. The van der Waals surface area contributed by atoms with Crippen molar-refractivity contribution in [3.8, 4) is 17.1 Å². The zero-order chi connectivity index (χ0) is 21.1. The van der Waals surface area contributed by atoms with Crippen molar-refractivity contribution in [2.75, 3.05) is 11.9 Å². The van der Waals surface area contributed by atoms with E-state index < -0.39 is 11.7 Å². The summed E-state index contributed by atoms with van der Waals surface area (Å²) in [6.07, 6.45) is 4.15. The summed E-state index contributed by atoms with van der Waals surface area (Å²) in [7, 11) is 0. The molecular weight excluding hydrogens is 430 g/mol. The van der Waals surface area contributed by atoms with Gasteiger partial charge in [-0.1, -0.05) is 29.6 Å². The molecule has 1 aliphatic rings. The Hall–Kier alpha value is -2.64. The van der Waals surface area contributed by atoms with Crippen LogP contribution < -0.4 is 10.1 Å². The van der Waals surface area contributed by atoms with Crippen molar-refractivity contribution >= 4 is 34.8 Å². The zero-order valence-electron chi connectivity index (χ0n) is 16.0. The number of fused-ring (bicyclic) bond motifs is 1. The lowest BCUT2D eigenvalue weighted by atomic mass is 10.1. The summed E-state index contributed by atoms with van der Waals surface area (Å²) in [6.45, 7) is 0.498. The highest BCUT2D eigenvalue weighted by molar-refractivity contribution is 6.35. The van der Waals surface area contributed by atoms with Crippen LogP contribution in [-0.2, 0) is 17.8 Å². The fraction of sp³-hybridized carbons (Fsp3) is 0.286. The molecule has 0 saturated carbocycles. The fourth-order valence-corrected chi connectivity index (χ4v) is 3.84. The summed E-state index contributed by atoms with van der Waals surface area (Å²) >= 11 is 11.9. The lowest BCUT2D eigenvalue weighted by Crippen LogP contribution is -2.21. The molecule has 1 amide bonds. The maximum Gasteiger partial charge on any atom is 0.262 e. The Labute approximate surface area is 183 Å². The van der Waals surface area contributed by atoms with Gasteiger partial charge in [0.05, 0.1) is 10.7 Å². The first-order chi connectivity index (χ1) is 14.5. The molecule has 2 heterocycles. The van der Waals surface area contributed by atoms with E-state index in [9.17, 15) is 9.18 Å². The van der Waals surface area contributed by atoms with Gasteiger partial charge >= 0.3 is 0 Å². The van der Waals surface area contributed by atoms with Crippen LogP contribution >= 0.6 is 23.2 Å². The number of aromatic nitrogens is 3. The van der Waals surface area contributed by atoms with Gasteiger partial charge in [0.15, 0.2) is 12.4 Å². The second kappa shape index (κ2) is 9.02. The molecule has 0 spiro atoms. The Kier molecular flexibility index (Phi) is 6.20. The third-order valence-corrected chi connectivity index (χ3v) is 5.39. The van der Waals surface area contributed by atoms with E-state index in [1.54, 1.807) is 24.3 Å². The summed E-state index contributed by atoms with van der Waals surface area (Å²) in [5, 5.41) is 11.8. The Morgan fingerprint density at radius 2 is 2.00 bits per heavy atom. The lowest BCUT2D eigenvalue weighted by Gasteiger charge is -2.11. The maximum atomic E-state index is 14.3. The molecule has 0 unspecified atom stereocenters. The van der Waals surface area contributed by atoms with Crippen LogP contribution in [0.5, 0.6) is 5.75 Å². The van der Waals surface area contributed by atoms with Gasteiger partial charge < -0.3 is 14.6 Å². The van der Waals surface area contributed by atoms with Crippen molar-refractivity contribution < 1.29 is 13.9 Å². The molecule has 1 N–H and O–H groups in total. The molecule has 0 saturated heterocycles. The van der Waals surface area contributed by atoms with E-state index in [-0.39, 0.29) is 17.3 Å². The number of benzene rings is 2. The van der Waals surface area contributed by atoms with Gasteiger partial charge in [0, 0.05) is 23.6 Å². The molecular formula is C21H19Cl2FN4O2. The molecule has 6 nitrogen and oxygen atoms in total. The smallest absolute Gasteiger partial charge is 0.262 e. The number of anilines is 1. The van der Waals surface area contributed by atoms with Crippen molar-refractivity contribution in [2.45, 2.75) is 32.2 Å². The van der Waals surface area contributed by atoms with Crippen LogP contribution in [-0.4, -0.2) is 27.3 Å². The minimum Gasteiger partial charge on any atom is -0.482 e. The predicted octanol–water partition coefficient (Wildman–Crippen LogP) is 5.13. The van der Waals surface area contributed by atoms with Crippen molar-refractivity contribution in [1.29, 1.82) is 0 Å². The molecule has 3 aromatic rings. The topological polar surface area (TPSA) is 69.0 Å². The molecule has 0 bridgehead atoms. The van der Waals surface area contributed by atoms with Crippen LogP contribution in [0.25, 0.3) is 11.4 Å². The van der Waals surface area contributed by atoms with Crippen LogP contribution in [0.1, 0.15) is 25.1 Å². The van der Waals surface area contributed by atoms with E-state index in [1.807, 2.05) is 0 Å². The van der Waals surface area contributed by atoms with E-state index in [1.165, 1.54) is 12.1 Å². The van der Waals surface area contributed by atoms with Gasteiger partial charge in [-0.25, -0.2) is 4.39 Å². The van der Waals surface area contributed by atoms with Crippen molar-refractivity contribution in [3.05, 3.63) is 58.1 Å². The average Bonchev–Trinajstić information content (AvgIpc) is 2.97. The van der Waals surface area contributed by atoms with Crippen molar-refractivity contribution in [1.82, 2.24) is 14.8 Å². The van der Waals surface area contributed by atoms with Crippen molar-refractivity contribution in [2.24, 2.45) is 0 Å². The van der Waals surface area contributed by atoms with Crippen LogP contribution in [0.4, 0.5) is 10.1 Å². The molecule has 1 aromatic heterocycles. The molecule has 9 heteroatoms. The highest BCUT2D eigenvalue weighted by atomic mass is 35.5. The number of nitrogens with zero attached hydrogens (tertiary/aromatic N) is 3. The van der Waals surface area contributed by atoms with Gasteiger partial charge in [0.2, 0.25) is 0 Å². The summed E-state index contributed by atoms with van der Waals surface area (Å²) in [6, 6.07) is 9.19. The Bertz CT molecular complexity index is 1090. The minimum atomic E-state index is -0.549. The summed E-state index contributed by atoms with van der Waals surface area (Å²) in [5.41, 5.74) is 0.739. The SMILES string of the molecule is O=C(COc1ccc(Cl)cc1Cl)Nc1cc(-c2nnc3n2CCCCC3)ccc1F. The third kappa shape index (κ3) is 4.57. The molecule has 4 rings (SSSR count). The quantitative estimate of drug-likeness (QED) is 0.586. The number of hydrogen-bond acceptors (Lipinski definition) is 4. The Morgan fingerprint density at radius 3 is 2.83 bits per heavy atom. The summed E-state index contributed by atoms with van der Waals surface area (Å²) in [4.78, 5) is 12.3. The Balaban J connectivity index is 1.48. The molecule has 156 valence electrons. The first kappa shape index (κ1) is 20.6. The highest BCUT2D eigenvalue weighted by Gasteiger charge is 2.18. The molecule has 0 aliphatic carbocycles. The number of ether oxygens (including phenoxy) is 1. The number of nitrogens with one attached hydrogen (secondary N) is 1. The molecule has 0 atom stereocenters. The van der Waals surface area contributed by atoms with E-state index >= 15 is 0 Å². The average molecular weight is 449 g/mol. The lowest BCUT2D eigenvalue weighted by molar-refractivity contribution is -0.118. The third-order valence-electron chi connectivity index (χ3n) is 4.86. The van der Waals surface area contributed by atoms with Gasteiger partial charge in [-0.3, -0.25) is 4.79 Å². The van der Waals surface area contributed by atoms with Crippen LogP contribution in [0.15, 0.2) is 36.4 Å². The number of halogens is 3. The van der Waals surface area contributed by atoms with Gasteiger partial charge in [0.25, 0.3) is 5.91 Å². The monoisotopic (exact) mass is 448 g/mol. The fourth-order valence-electron chi connectivity index (χ4n) is 3.38. The van der Waals surface area contributed by atoms with E-state index in [0.29, 0.717) is 22.2 Å². The van der Waals surface area contributed by atoms with Gasteiger partial charge in [-0.2, -0.15) is 0 Å². The standard InChI is InChI=1S/C21H19Cl2FN4O2/c22-14-6-8-18(15(23)11-14)30-12-20(29)25-17-10-13(5-7-16(17)24)21-27-26-19-4-2-1-3-9-28(19)21/h5-8,10-11H,1-4,9,12H2,(H,25,29). The highest BCUT2D eigenvalue weighted by Crippen LogP contribution is 2.28. The largest absolute Gasteiger partial charge is 0.482 e. The summed E-state index contributed by atoms with van der Waals surface area (Å²) < 4.78 is 21.8. The van der Waals surface area contributed by atoms with Crippen LogP contribution in [0, 0.1) is 5.82 Å². The summed E-state index contributed by atoms with van der Waals surface area (Å²) in [5.74, 6) is 0.859. The predicted molar refractivity (Wildman–Crippen MR) is 114 cm³/mol. The van der Waals surface area contributed by atoms with Gasteiger partial charge in [-0.15, -0.1) is 10.2 Å². The number of hydrogen-bond donors (Lipinski definition) is 1. The normalized spacial score (nSPS) is 13.4. The molecule has 30 heavy (non-hydrogen) atoms. The van der Waals surface area contributed by atoms with E-state index in [0.717, 1.165) is 38.1 Å². The number of rotatable bonds is 5. The van der Waals surface area contributed by atoms with Crippen LogP contribution in [0.2, 0.25) is 10.0 Å². The molecule has 0 radical (unpaired) electrons. The molecule has 0 fully saturated rings. The van der Waals surface area contributed by atoms with Gasteiger partial charge in [-0.05, 0) is 49.2 Å². The first-order valence-electron chi connectivity index (χ1n) is 9.61. The van der Waals surface area contributed by atoms with Gasteiger partial charge in [0.1, 0.15) is 17.4 Å². The minimum absolute atomic E-state index is 0.0503. The Morgan fingerprint density at radius 1 is 1.13 bits per heavy atom. The maximum absolute atomic E-state index is 14.3. The first-order valence-corrected chi connectivity index (χ1v) is 10.4. The number of aryl methyl sites for hydroxylation is 1.